The van der Waals surface area contributed by atoms with Gasteiger partial charge in [-0.2, -0.15) is 0 Å². The SMILES string of the molecule is [C-]#[N+]c1ccc(-c2ccc3c(c2)c(-c2ccccc2)cc2c4cc5c(cc4c(-c4ccccc4)cc32)-c2ccc(-c3ccc(-n4c(-c6ccccc6)nc6ccccc64)cc3)c3cccc-5c23)cc1. The van der Waals surface area contributed by atoms with Gasteiger partial charge in [0.05, 0.1) is 17.6 Å². The van der Waals surface area contributed by atoms with Crippen LogP contribution in [0, 0.1) is 6.57 Å². The van der Waals surface area contributed by atoms with E-state index in [0.29, 0.717) is 5.69 Å². The molecule has 0 saturated heterocycles. The highest BCUT2D eigenvalue weighted by Gasteiger charge is 2.26. The second-order valence-corrected chi connectivity index (χ2v) is 18.1. The van der Waals surface area contributed by atoms with Gasteiger partial charge in [0.1, 0.15) is 5.82 Å². The van der Waals surface area contributed by atoms with E-state index >= 15 is 0 Å². The van der Waals surface area contributed by atoms with Crippen LogP contribution < -0.4 is 0 Å². The molecule has 0 N–H and O–H groups in total. The van der Waals surface area contributed by atoms with Gasteiger partial charge in [0.25, 0.3) is 0 Å². The highest BCUT2D eigenvalue weighted by atomic mass is 15.1. The van der Waals surface area contributed by atoms with Gasteiger partial charge in [-0.15, -0.1) is 0 Å². The first-order valence-electron chi connectivity index (χ1n) is 23.5. The fourth-order valence-electron chi connectivity index (χ4n) is 11.1. The Morgan fingerprint density at radius 2 is 0.841 bits per heavy atom. The molecule has 0 spiro atoms. The summed E-state index contributed by atoms with van der Waals surface area (Å²) in [6, 6.07) is 85.6. The second kappa shape index (κ2) is 15.4. The van der Waals surface area contributed by atoms with E-state index in [9.17, 15) is 0 Å². The fraction of sp³-hybridized carbons (Fsp3) is 0. The minimum Gasteiger partial charge on any atom is -0.292 e. The largest absolute Gasteiger partial charge is 0.292 e. The van der Waals surface area contributed by atoms with E-state index in [4.69, 9.17) is 11.6 Å². The number of para-hydroxylation sites is 2. The van der Waals surface area contributed by atoms with Crippen LogP contribution in [0.3, 0.4) is 0 Å². The molecule has 0 unspecified atom stereocenters. The number of fused-ring (bicyclic) bond motifs is 9. The van der Waals surface area contributed by atoms with Crippen LogP contribution in [0.1, 0.15) is 0 Å². The predicted octanol–water partition coefficient (Wildman–Crippen LogP) is 18.2. The monoisotopic (exact) mass is 873 g/mol. The van der Waals surface area contributed by atoms with Crippen molar-refractivity contribution in [3.8, 4) is 83.8 Å². The molecule has 0 fully saturated rings. The third-order valence-corrected chi connectivity index (χ3v) is 14.4. The van der Waals surface area contributed by atoms with Gasteiger partial charge in [-0.1, -0.05) is 182 Å². The zero-order valence-corrected chi connectivity index (χ0v) is 37.4. The van der Waals surface area contributed by atoms with Crippen LogP contribution in [0.15, 0.2) is 237 Å². The number of benzene rings is 12. The summed E-state index contributed by atoms with van der Waals surface area (Å²) >= 11 is 0. The number of hydrogen-bond acceptors (Lipinski definition) is 1. The molecule has 0 atom stereocenters. The van der Waals surface area contributed by atoms with E-state index in [1.807, 2.05) is 18.2 Å². The van der Waals surface area contributed by atoms with Crippen LogP contribution in [0.25, 0.3) is 143 Å². The number of nitrogens with zero attached hydrogens (tertiary/aromatic N) is 3. The van der Waals surface area contributed by atoms with Gasteiger partial charge in [0.15, 0.2) is 5.69 Å². The molecule has 0 amide bonds. The predicted molar refractivity (Wildman–Crippen MR) is 289 cm³/mol. The third-order valence-electron chi connectivity index (χ3n) is 14.4. The normalized spacial score (nSPS) is 11.8. The zero-order chi connectivity index (χ0) is 45.6. The van der Waals surface area contributed by atoms with Gasteiger partial charge >= 0.3 is 0 Å². The zero-order valence-electron chi connectivity index (χ0n) is 37.4. The Hall–Kier alpha value is -9.36. The molecule has 14 rings (SSSR count). The molecule has 1 aliphatic carbocycles. The lowest BCUT2D eigenvalue weighted by molar-refractivity contribution is 1.10. The van der Waals surface area contributed by atoms with Gasteiger partial charge in [-0.25, -0.2) is 9.83 Å². The Bertz CT molecular complexity index is 4260. The minimum absolute atomic E-state index is 0.644. The molecule has 13 aromatic rings. The summed E-state index contributed by atoms with van der Waals surface area (Å²) in [7, 11) is 0. The number of rotatable bonds is 6. The molecule has 0 bridgehead atoms. The van der Waals surface area contributed by atoms with Gasteiger partial charge in [-0.3, -0.25) is 4.57 Å². The van der Waals surface area contributed by atoms with Crippen molar-refractivity contribution in [1.29, 1.82) is 0 Å². The molecule has 318 valence electrons. The van der Waals surface area contributed by atoms with E-state index in [1.54, 1.807) is 0 Å². The summed E-state index contributed by atoms with van der Waals surface area (Å²) in [6.45, 7) is 7.50. The summed E-state index contributed by atoms with van der Waals surface area (Å²) in [5, 5.41) is 9.91. The minimum atomic E-state index is 0.644. The van der Waals surface area contributed by atoms with E-state index in [0.717, 1.165) is 39.2 Å². The first-order valence-corrected chi connectivity index (χ1v) is 23.5. The maximum Gasteiger partial charge on any atom is 0.187 e. The Morgan fingerprint density at radius 3 is 1.54 bits per heavy atom. The molecule has 3 heteroatoms. The average molecular weight is 874 g/mol. The van der Waals surface area contributed by atoms with Gasteiger partial charge in [-0.05, 0) is 164 Å². The van der Waals surface area contributed by atoms with Crippen molar-refractivity contribution in [2.75, 3.05) is 0 Å². The highest BCUT2D eigenvalue weighted by Crippen LogP contribution is 2.53. The lowest BCUT2D eigenvalue weighted by Gasteiger charge is -2.18. The van der Waals surface area contributed by atoms with Crippen LogP contribution in [0.5, 0.6) is 0 Å². The van der Waals surface area contributed by atoms with Crippen molar-refractivity contribution in [2.24, 2.45) is 0 Å². The summed E-state index contributed by atoms with van der Waals surface area (Å²) < 4.78 is 2.28. The van der Waals surface area contributed by atoms with Crippen molar-refractivity contribution in [3.05, 3.63) is 248 Å². The Morgan fingerprint density at radius 1 is 0.319 bits per heavy atom. The quantitative estimate of drug-likeness (QED) is 0.121. The Labute approximate surface area is 399 Å². The molecular formula is C66H39N3. The fourth-order valence-corrected chi connectivity index (χ4v) is 11.1. The van der Waals surface area contributed by atoms with E-state index in [-0.39, 0.29) is 0 Å². The van der Waals surface area contributed by atoms with Crippen molar-refractivity contribution >= 4 is 59.8 Å². The average Bonchev–Trinajstić information content (AvgIpc) is 3.97. The maximum atomic E-state index is 7.50. The van der Waals surface area contributed by atoms with Crippen molar-refractivity contribution in [2.45, 2.75) is 0 Å². The summed E-state index contributed by atoms with van der Waals surface area (Å²) in [5.74, 6) is 0.933. The molecule has 1 aromatic heterocycles. The van der Waals surface area contributed by atoms with Gasteiger partial charge in [0, 0.05) is 11.3 Å². The number of aromatic nitrogens is 2. The molecular weight excluding hydrogens is 835 g/mol. The first kappa shape index (κ1) is 38.9. The van der Waals surface area contributed by atoms with E-state index in [2.05, 4.69) is 228 Å². The topological polar surface area (TPSA) is 22.2 Å². The van der Waals surface area contributed by atoms with Crippen LogP contribution in [0.2, 0.25) is 0 Å². The van der Waals surface area contributed by atoms with Crippen LogP contribution in [0.4, 0.5) is 5.69 Å². The smallest absolute Gasteiger partial charge is 0.187 e. The lowest BCUT2D eigenvalue weighted by atomic mass is 9.85. The molecule has 0 saturated carbocycles. The Kier molecular flexibility index (Phi) is 8.65. The van der Waals surface area contributed by atoms with Gasteiger partial charge < -0.3 is 0 Å². The molecule has 0 aliphatic heterocycles. The summed E-state index contributed by atoms with van der Waals surface area (Å²) in [6.07, 6.45) is 0. The van der Waals surface area contributed by atoms with Crippen LogP contribution in [-0.2, 0) is 0 Å². The summed E-state index contributed by atoms with van der Waals surface area (Å²) in [5.41, 5.74) is 19.4. The Balaban J connectivity index is 0.959. The van der Waals surface area contributed by atoms with Gasteiger partial charge in [0.2, 0.25) is 0 Å². The molecule has 1 heterocycles. The molecule has 12 aromatic carbocycles. The maximum absolute atomic E-state index is 7.50. The van der Waals surface area contributed by atoms with Crippen molar-refractivity contribution in [1.82, 2.24) is 9.55 Å². The highest BCUT2D eigenvalue weighted by molar-refractivity contribution is 6.27. The third kappa shape index (κ3) is 6.10. The number of imidazole rings is 1. The van der Waals surface area contributed by atoms with Crippen LogP contribution >= 0.6 is 0 Å². The molecule has 1 aliphatic rings. The first-order chi connectivity index (χ1) is 34.2. The number of hydrogen-bond donors (Lipinski definition) is 0. The van der Waals surface area contributed by atoms with Crippen molar-refractivity contribution in [3.63, 3.8) is 0 Å². The van der Waals surface area contributed by atoms with E-state index in [1.165, 1.54) is 98.7 Å². The summed E-state index contributed by atoms with van der Waals surface area (Å²) in [4.78, 5) is 8.73. The second-order valence-electron chi connectivity index (χ2n) is 18.1. The standard InChI is InChI=1S/C66H39N3/c1-67-47-29-24-41(25-30-47)46-28-33-50-56(36-46)54(42-14-5-2-6-15-42)38-61-57(50)37-55(43-16-7-3-8-17-43)60-39-59-53-35-34-49(51-20-13-21-52(65(51)53)58(59)40-62(60)61)44-26-31-48(32-27-44)69-64-23-12-11-22-63(64)68-66(69)45-18-9-4-10-19-45/h2-40H. The molecule has 0 radical (unpaired) electrons. The van der Waals surface area contributed by atoms with Crippen molar-refractivity contribution < 1.29 is 0 Å². The lowest BCUT2D eigenvalue weighted by Crippen LogP contribution is -1.97. The van der Waals surface area contributed by atoms with Crippen LogP contribution in [-0.4, -0.2) is 9.55 Å². The molecule has 69 heavy (non-hydrogen) atoms. The molecule has 3 nitrogen and oxygen atoms in total. The van der Waals surface area contributed by atoms with E-state index < -0.39 is 0 Å².